The predicted molar refractivity (Wildman–Crippen MR) is 72.8 cm³/mol. The lowest BCUT2D eigenvalue weighted by Gasteiger charge is -2.11. The van der Waals surface area contributed by atoms with Gasteiger partial charge in [-0.1, -0.05) is 43.7 Å². The highest BCUT2D eigenvalue weighted by Gasteiger charge is 2.07. The van der Waals surface area contributed by atoms with Crippen LogP contribution in [-0.4, -0.2) is 5.11 Å². The van der Waals surface area contributed by atoms with Crippen LogP contribution in [0.4, 0.5) is 0 Å². The Hall–Kier alpha value is -1.80. The molecular weight excluding hydrogens is 224 g/mol. The summed E-state index contributed by atoms with van der Waals surface area (Å²) in [5.74, 6) is 1.56. The van der Waals surface area contributed by atoms with E-state index in [2.05, 4.69) is 6.92 Å². The number of hydrogen-bond donors (Lipinski definition) is 1. The summed E-state index contributed by atoms with van der Waals surface area (Å²) in [5.41, 5.74) is 0.908. The maximum atomic E-state index is 9.96. The second kappa shape index (κ2) is 6.22. The summed E-state index contributed by atoms with van der Waals surface area (Å²) in [6.45, 7) is 2.06. The van der Waals surface area contributed by atoms with Crippen molar-refractivity contribution < 1.29 is 9.84 Å². The third-order valence-electron chi connectivity index (χ3n) is 2.78. The zero-order chi connectivity index (χ0) is 12.8. The van der Waals surface area contributed by atoms with Crippen molar-refractivity contribution in [3.05, 3.63) is 60.2 Å². The van der Waals surface area contributed by atoms with Crippen molar-refractivity contribution in [3.63, 3.8) is 0 Å². The van der Waals surface area contributed by atoms with Gasteiger partial charge in [0, 0.05) is 0 Å². The molecule has 0 saturated heterocycles. The maximum Gasteiger partial charge on any atom is 0.127 e. The van der Waals surface area contributed by atoms with Crippen molar-refractivity contribution in [2.45, 2.75) is 25.9 Å². The summed E-state index contributed by atoms with van der Waals surface area (Å²) < 4.78 is 5.74. The van der Waals surface area contributed by atoms with E-state index >= 15 is 0 Å². The minimum absolute atomic E-state index is 0.408. The van der Waals surface area contributed by atoms with E-state index in [0.717, 1.165) is 29.9 Å². The molecule has 0 spiro atoms. The van der Waals surface area contributed by atoms with Gasteiger partial charge >= 0.3 is 0 Å². The van der Waals surface area contributed by atoms with Gasteiger partial charge in [0.05, 0.1) is 6.10 Å². The van der Waals surface area contributed by atoms with Gasteiger partial charge in [-0.25, -0.2) is 0 Å². The molecule has 0 unspecified atom stereocenters. The van der Waals surface area contributed by atoms with Gasteiger partial charge in [0.15, 0.2) is 0 Å². The Kier molecular flexibility index (Phi) is 4.37. The van der Waals surface area contributed by atoms with Gasteiger partial charge in [0.2, 0.25) is 0 Å². The Labute approximate surface area is 108 Å². The van der Waals surface area contributed by atoms with Crippen molar-refractivity contribution in [2.75, 3.05) is 0 Å². The fraction of sp³-hybridized carbons (Fsp3) is 0.250. The Morgan fingerprint density at radius 2 is 1.72 bits per heavy atom. The van der Waals surface area contributed by atoms with Gasteiger partial charge in [-0.3, -0.25) is 0 Å². The standard InChI is InChI=1S/C16H18O2/c1-2-7-16(17)13-8-6-11-15(12-13)18-14-9-4-3-5-10-14/h3-6,8-12,16-17H,2,7H2,1H3/t16-/m0/s1. The Balaban J connectivity index is 2.12. The predicted octanol–water partition coefficient (Wildman–Crippen LogP) is 4.31. The van der Waals surface area contributed by atoms with Crippen molar-refractivity contribution in [2.24, 2.45) is 0 Å². The summed E-state index contributed by atoms with van der Waals surface area (Å²) in [4.78, 5) is 0. The van der Waals surface area contributed by atoms with Gasteiger partial charge in [-0.05, 0) is 36.2 Å². The number of para-hydroxylation sites is 1. The molecule has 2 heteroatoms. The molecule has 0 fully saturated rings. The normalized spacial score (nSPS) is 12.1. The first-order chi connectivity index (χ1) is 8.79. The quantitative estimate of drug-likeness (QED) is 0.846. The fourth-order valence-electron chi connectivity index (χ4n) is 1.85. The molecule has 2 rings (SSSR count). The lowest BCUT2D eigenvalue weighted by atomic mass is 10.1. The van der Waals surface area contributed by atoms with Crippen LogP contribution in [0.2, 0.25) is 0 Å². The minimum atomic E-state index is -0.408. The Bertz CT molecular complexity index is 479. The van der Waals surface area contributed by atoms with Crippen molar-refractivity contribution in [3.8, 4) is 11.5 Å². The van der Waals surface area contributed by atoms with Crippen LogP contribution in [0.3, 0.4) is 0 Å². The van der Waals surface area contributed by atoms with Crippen LogP contribution >= 0.6 is 0 Å². The van der Waals surface area contributed by atoms with Crippen LogP contribution in [0.15, 0.2) is 54.6 Å². The highest BCUT2D eigenvalue weighted by Crippen LogP contribution is 2.26. The van der Waals surface area contributed by atoms with E-state index < -0.39 is 6.10 Å². The summed E-state index contributed by atoms with van der Waals surface area (Å²) in [6.07, 6.45) is 1.33. The molecule has 0 aliphatic rings. The number of hydrogen-bond acceptors (Lipinski definition) is 2. The third-order valence-corrected chi connectivity index (χ3v) is 2.78. The molecule has 1 atom stereocenters. The summed E-state index contributed by atoms with van der Waals surface area (Å²) in [5, 5.41) is 9.96. The summed E-state index contributed by atoms with van der Waals surface area (Å²) >= 11 is 0. The highest BCUT2D eigenvalue weighted by molar-refractivity contribution is 5.34. The molecule has 94 valence electrons. The molecule has 0 aliphatic carbocycles. The van der Waals surface area contributed by atoms with Crippen LogP contribution in [0, 0.1) is 0 Å². The van der Waals surface area contributed by atoms with Crippen LogP contribution in [0.1, 0.15) is 31.4 Å². The molecule has 1 N–H and O–H groups in total. The first-order valence-corrected chi connectivity index (χ1v) is 6.30. The van der Waals surface area contributed by atoms with Gasteiger partial charge < -0.3 is 9.84 Å². The van der Waals surface area contributed by atoms with Gasteiger partial charge in [-0.15, -0.1) is 0 Å². The zero-order valence-corrected chi connectivity index (χ0v) is 10.5. The fourth-order valence-corrected chi connectivity index (χ4v) is 1.85. The van der Waals surface area contributed by atoms with Gasteiger partial charge in [-0.2, -0.15) is 0 Å². The molecule has 0 heterocycles. The molecule has 0 radical (unpaired) electrons. The second-order valence-corrected chi connectivity index (χ2v) is 4.29. The monoisotopic (exact) mass is 242 g/mol. The van der Waals surface area contributed by atoms with Crippen LogP contribution in [-0.2, 0) is 0 Å². The van der Waals surface area contributed by atoms with E-state index in [4.69, 9.17) is 4.74 Å². The topological polar surface area (TPSA) is 29.5 Å². The van der Waals surface area contributed by atoms with E-state index in [9.17, 15) is 5.11 Å². The van der Waals surface area contributed by atoms with Gasteiger partial charge in [0.25, 0.3) is 0 Å². The molecule has 0 saturated carbocycles. The van der Waals surface area contributed by atoms with E-state index in [1.807, 2.05) is 54.6 Å². The van der Waals surface area contributed by atoms with Crippen LogP contribution in [0.5, 0.6) is 11.5 Å². The van der Waals surface area contributed by atoms with E-state index in [1.165, 1.54) is 0 Å². The zero-order valence-electron chi connectivity index (χ0n) is 10.5. The molecule has 2 aromatic rings. The second-order valence-electron chi connectivity index (χ2n) is 4.29. The number of benzene rings is 2. The number of aliphatic hydroxyl groups excluding tert-OH is 1. The molecule has 2 aromatic carbocycles. The van der Waals surface area contributed by atoms with E-state index in [0.29, 0.717) is 0 Å². The number of rotatable bonds is 5. The minimum Gasteiger partial charge on any atom is -0.457 e. The lowest BCUT2D eigenvalue weighted by Crippen LogP contribution is -1.96. The summed E-state index contributed by atoms with van der Waals surface area (Å²) in [6, 6.07) is 17.3. The molecule has 0 aromatic heterocycles. The lowest BCUT2D eigenvalue weighted by molar-refractivity contribution is 0.166. The third kappa shape index (κ3) is 3.34. The Morgan fingerprint density at radius 3 is 2.44 bits per heavy atom. The van der Waals surface area contributed by atoms with Crippen LogP contribution < -0.4 is 4.74 Å². The average Bonchev–Trinajstić information content (AvgIpc) is 2.40. The molecule has 2 nitrogen and oxygen atoms in total. The van der Waals surface area contributed by atoms with Crippen LogP contribution in [0.25, 0.3) is 0 Å². The van der Waals surface area contributed by atoms with Crippen molar-refractivity contribution >= 4 is 0 Å². The van der Waals surface area contributed by atoms with E-state index in [-0.39, 0.29) is 0 Å². The molecule has 18 heavy (non-hydrogen) atoms. The number of ether oxygens (including phenoxy) is 1. The Morgan fingerprint density at radius 1 is 1.00 bits per heavy atom. The molecule has 0 amide bonds. The summed E-state index contributed by atoms with van der Waals surface area (Å²) in [7, 11) is 0. The first kappa shape index (κ1) is 12.7. The largest absolute Gasteiger partial charge is 0.457 e. The molecule has 0 aliphatic heterocycles. The number of aliphatic hydroxyl groups is 1. The highest BCUT2D eigenvalue weighted by atomic mass is 16.5. The molecular formula is C16H18O2. The first-order valence-electron chi connectivity index (χ1n) is 6.30. The smallest absolute Gasteiger partial charge is 0.127 e. The SMILES string of the molecule is CCC[C@H](O)c1cccc(Oc2ccccc2)c1. The van der Waals surface area contributed by atoms with Gasteiger partial charge in [0.1, 0.15) is 11.5 Å². The van der Waals surface area contributed by atoms with E-state index in [1.54, 1.807) is 0 Å². The van der Waals surface area contributed by atoms with Crippen molar-refractivity contribution in [1.82, 2.24) is 0 Å². The van der Waals surface area contributed by atoms with Crippen molar-refractivity contribution in [1.29, 1.82) is 0 Å². The average molecular weight is 242 g/mol. The molecule has 0 bridgehead atoms. The maximum absolute atomic E-state index is 9.96.